The van der Waals surface area contributed by atoms with Crippen LogP contribution < -0.4 is 14.2 Å². The Hall–Kier alpha value is -1.97. The van der Waals surface area contributed by atoms with Gasteiger partial charge in [-0.15, -0.1) is 0 Å². The third-order valence-corrected chi connectivity index (χ3v) is 6.62. The van der Waals surface area contributed by atoms with Gasteiger partial charge in [-0.2, -0.15) is 0 Å². The number of methoxy groups -OCH3 is 3. The number of carbonyl (C=O) groups is 1. The highest BCUT2D eigenvalue weighted by Gasteiger charge is 2.49. The third kappa shape index (κ3) is 3.00. The number of carbonyl (C=O) groups excluding carboxylic acids is 1. The van der Waals surface area contributed by atoms with E-state index in [4.69, 9.17) is 14.2 Å². The van der Waals surface area contributed by atoms with E-state index >= 15 is 0 Å². The van der Waals surface area contributed by atoms with Crippen LogP contribution in [0.25, 0.3) is 0 Å². The molecule has 0 atom stereocenters. The van der Waals surface area contributed by atoms with Crippen LogP contribution in [-0.2, 0) is 0 Å². The first-order valence-electron chi connectivity index (χ1n) is 9.59. The molecule has 4 nitrogen and oxygen atoms in total. The minimum absolute atomic E-state index is 0.00000142. The Morgan fingerprint density at radius 2 is 1.42 bits per heavy atom. The quantitative estimate of drug-likeness (QED) is 0.549. The summed E-state index contributed by atoms with van der Waals surface area (Å²) in [5.41, 5.74) is 0.825. The maximum absolute atomic E-state index is 12.8. The molecule has 4 heteroatoms. The van der Waals surface area contributed by atoms with Gasteiger partial charge in [0, 0.05) is 5.56 Å². The standard InChI is InChI=1S/C22H28O4/c1-24-19-9-17(10-20(25-2)21(19)26-3)18(23)4-5-22-11-14-6-15(12-22)8-16(7-14)13-22/h4-5,9-10,14-16H,6-8,11-13H2,1-3H3. The molecule has 4 saturated carbocycles. The van der Waals surface area contributed by atoms with Gasteiger partial charge in [-0.1, -0.05) is 6.08 Å². The van der Waals surface area contributed by atoms with Crippen LogP contribution in [0.3, 0.4) is 0 Å². The summed E-state index contributed by atoms with van der Waals surface area (Å²) in [4.78, 5) is 12.8. The summed E-state index contributed by atoms with van der Waals surface area (Å²) >= 11 is 0. The topological polar surface area (TPSA) is 44.8 Å². The Labute approximate surface area is 155 Å². The number of hydrogen-bond donors (Lipinski definition) is 0. The van der Waals surface area contributed by atoms with Gasteiger partial charge in [0.05, 0.1) is 21.3 Å². The van der Waals surface area contributed by atoms with Crippen molar-refractivity contribution >= 4 is 5.78 Å². The average Bonchev–Trinajstić information content (AvgIpc) is 2.63. The highest BCUT2D eigenvalue weighted by molar-refractivity contribution is 6.05. The highest BCUT2D eigenvalue weighted by atomic mass is 16.5. The van der Waals surface area contributed by atoms with Crippen molar-refractivity contribution in [3.05, 3.63) is 29.8 Å². The summed E-state index contributed by atoms with van der Waals surface area (Å²) < 4.78 is 16.1. The molecule has 4 bridgehead atoms. The first-order valence-corrected chi connectivity index (χ1v) is 9.59. The van der Waals surface area contributed by atoms with E-state index in [1.54, 1.807) is 39.5 Å². The molecule has 0 N–H and O–H groups in total. The zero-order valence-electron chi connectivity index (χ0n) is 15.9. The highest BCUT2D eigenvalue weighted by Crippen LogP contribution is 2.60. The van der Waals surface area contributed by atoms with E-state index in [2.05, 4.69) is 6.08 Å². The van der Waals surface area contributed by atoms with Crippen LogP contribution in [0.5, 0.6) is 17.2 Å². The summed E-state index contributed by atoms with van der Waals surface area (Å²) in [6.45, 7) is 0. The molecule has 26 heavy (non-hydrogen) atoms. The van der Waals surface area contributed by atoms with Crippen LogP contribution in [-0.4, -0.2) is 27.1 Å². The van der Waals surface area contributed by atoms with Gasteiger partial charge in [-0.25, -0.2) is 0 Å². The molecule has 1 aromatic carbocycles. The van der Waals surface area contributed by atoms with Crippen molar-refractivity contribution in [1.29, 1.82) is 0 Å². The van der Waals surface area contributed by atoms with E-state index in [1.165, 1.54) is 38.5 Å². The number of benzene rings is 1. The molecule has 1 aromatic rings. The monoisotopic (exact) mass is 356 g/mol. The van der Waals surface area contributed by atoms with E-state index in [9.17, 15) is 4.79 Å². The summed E-state index contributed by atoms with van der Waals surface area (Å²) in [5, 5.41) is 0. The molecule has 0 saturated heterocycles. The van der Waals surface area contributed by atoms with E-state index < -0.39 is 0 Å². The van der Waals surface area contributed by atoms with Crippen LogP contribution in [0.4, 0.5) is 0 Å². The molecule has 0 amide bonds. The largest absolute Gasteiger partial charge is 0.493 e. The summed E-state index contributed by atoms with van der Waals surface area (Å²) in [6, 6.07) is 3.46. The number of allylic oxidation sites excluding steroid dienone is 2. The van der Waals surface area contributed by atoms with Gasteiger partial charge in [0.1, 0.15) is 0 Å². The first kappa shape index (κ1) is 17.4. The van der Waals surface area contributed by atoms with Crippen LogP contribution in [0.2, 0.25) is 0 Å². The van der Waals surface area contributed by atoms with E-state index in [-0.39, 0.29) is 11.2 Å². The molecule has 0 spiro atoms. The summed E-state index contributed by atoms with van der Waals surface area (Å²) in [7, 11) is 4.70. The van der Waals surface area contributed by atoms with Gasteiger partial charge in [-0.05, 0) is 79.9 Å². The molecule has 4 aliphatic rings. The predicted octanol–water partition coefficient (Wildman–Crippen LogP) is 4.67. The molecule has 0 aromatic heterocycles. The van der Waals surface area contributed by atoms with Crippen molar-refractivity contribution in [3.63, 3.8) is 0 Å². The van der Waals surface area contributed by atoms with Crippen molar-refractivity contribution in [2.75, 3.05) is 21.3 Å². The Balaban J connectivity index is 1.58. The maximum Gasteiger partial charge on any atom is 0.203 e. The van der Waals surface area contributed by atoms with E-state index in [1.807, 2.05) is 0 Å². The fourth-order valence-electron chi connectivity index (χ4n) is 5.95. The molecular formula is C22H28O4. The SMILES string of the molecule is COc1cc(C(=O)C=CC23CC4CC(CC(C4)C2)C3)cc(OC)c1OC. The van der Waals surface area contributed by atoms with Crippen molar-refractivity contribution in [3.8, 4) is 17.2 Å². The van der Waals surface area contributed by atoms with Gasteiger partial charge in [0.25, 0.3) is 0 Å². The minimum Gasteiger partial charge on any atom is -0.493 e. The molecule has 5 rings (SSSR count). The Bertz CT molecular complexity index is 673. The van der Waals surface area contributed by atoms with Gasteiger partial charge in [0.2, 0.25) is 5.75 Å². The molecule has 0 aliphatic heterocycles. The van der Waals surface area contributed by atoms with Crippen molar-refractivity contribution < 1.29 is 19.0 Å². The average molecular weight is 356 g/mol. The lowest BCUT2D eigenvalue weighted by molar-refractivity contribution is -0.0238. The van der Waals surface area contributed by atoms with Crippen LogP contribution in [0.15, 0.2) is 24.3 Å². The number of hydrogen-bond acceptors (Lipinski definition) is 4. The molecule has 4 fully saturated rings. The molecule has 0 heterocycles. The van der Waals surface area contributed by atoms with Crippen LogP contribution in [0, 0.1) is 23.2 Å². The fraction of sp³-hybridized carbons (Fsp3) is 0.591. The van der Waals surface area contributed by atoms with Crippen LogP contribution >= 0.6 is 0 Å². The Morgan fingerprint density at radius 3 is 1.85 bits per heavy atom. The second kappa shape index (κ2) is 6.64. The second-order valence-electron chi connectivity index (χ2n) is 8.39. The molecule has 0 radical (unpaired) electrons. The Morgan fingerprint density at radius 1 is 0.923 bits per heavy atom. The molecule has 4 aliphatic carbocycles. The predicted molar refractivity (Wildman–Crippen MR) is 100 cm³/mol. The zero-order valence-corrected chi connectivity index (χ0v) is 15.9. The fourth-order valence-corrected chi connectivity index (χ4v) is 5.95. The van der Waals surface area contributed by atoms with Crippen molar-refractivity contribution in [1.82, 2.24) is 0 Å². The minimum atomic E-state index is -0.00000142. The van der Waals surface area contributed by atoms with Gasteiger partial charge < -0.3 is 14.2 Å². The molecular weight excluding hydrogens is 328 g/mol. The smallest absolute Gasteiger partial charge is 0.203 e. The van der Waals surface area contributed by atoms with Gasteiger partial charge in [-0.3, -0.25) is 4.79 Å². The lowest BCUT2D eigenvalue weighted by Gasteiger charge is -2.55. The van der Waals surface area contributed by atoms with Gasteiger partial charge >= 0.3 is 0 Å². The molecule has 140 valence electrons. The van der Waals surface area contributed by atoms with E-state index in [0.717, 1.165) is 17.8 Å². The van der Waals surface area contributed by atoms with Crippen LogP contribution in [0.1, 0.15) is 48.9 Å². The maximum atomic E-state index is 12.8. The lowest BCUT2D eigenvalue weighted by Crippen LogP contribution is -2.45. The number of ether oxygens (including phenoxy) is 3. The number of ketones is 1. The summed E-state index contributed by atoms with van der Waals surface area (Å²) in [5.74, 6) is 4.17. The first-order chi connectivity index (χ1) is 12.6. The normalized spacial score (nSPS) is 32.0. The third-order valence-electron chi connectivity index (χ3n) is 6.62. The summed E-state index contributed by atoms with van der Waals surface area (Å²) in [6.07, 6.45) is 12.0. The molecule has 0 unspecified atom stereocenters. The van der Waals surface area contributed by atoms with Crippen molar-refractivity contribution in [2.45, 2.75) is 38.5 Å². The lowest BCUT2D eigenvalue weighted by atomic mass is 9.49. The Kier molecular flexibility index (Phi) is 4.45. The number of rotatable bonds is 6. The van der Waals surface area contributed by atoms with E-state index in [0.29, 0.717) is 22.8 Å². The zero-order chi connectivity index (χ0) is 18.3. The van der Waals surface area contributed by atoms with Gasteiger partial charge in [0.15, 0.2) is 17.3 Å². The second-order valence-corrected chi connectivity index (χ2v) is 8.39. The van der Waals surface area contributed by atoms with Crippen molar-refractivity contribution in [2.24, 2.45) is 23.2 Å².